The molecule has 0 bridgehead atoms. The van der Waals surface area contributed by atoms with Crippen LogP contribution in [-0.4, -0.2) is 56.2 Å². The molecule has 0 saturated carbocycles. The molecule has 5 heteroatoms. The Labute approximate surface area is 155 Å². The number of methoxy groups -OCH3 is 1. The number of rotatable bonds is 7. The molecule has 1 fully saturated rings. The summed E-state index contributed by atoms with van der Waals surface area (Å²) in [6, 6.07) is 14.8. The van der Waals surface area contributed by atoms with Crippen LogP contribution in [0.4, 0.5) is 4.39 Å². The standard InChI is InChI=1S/C21H27FN2O2/c1-25-20-9-4-5-10-21(20)26-16-15-23-11-6-12-24(14-13-23)17-18-7-2-3-8-19(18)22/h2-5,7-10H,6,11-17H2,1H3. The lowest BCUT2D eigenvalue weighted by atomic mass is 10.2. The maximum Gasteiger partial charge on any atom is 0.161 e. The van der Waals surface area contributed by atoms with Crippen molar-refractivity contribution < 1.29 is 13.9 Å². The van der Waals surface area contributed by atoms with Gasteiger partial charge in [0.2, 0.25) is 0 Å². The third-order valence-electron chi connectivity index (χ3n) is 4.77. The normalized spacial score (nSPS) is 16.2. The molecule has 0 N–H and O–H groups in total. The average Bonchev–Trinajstić information content (AvgIpc) is 2.89. The van der Waals surface area contributed by atoms with E-state index < -0.39 is 0 Å². The van der Waals surface area contributed by atoms with Gasteiger partial charge >= 0.3 is 0 Å². The highest BCUT2D eigenvalue weighted by Gasteiger charge is 2.16. The molecule has 2 aromatic carbocycles. The molecular weight excluding hydrogens is 331 g/mol. The van der Waals surface area contributed by atoms with Gasteiger partial charge in [-0.25, -0.2) is 4.39 Å². The minimum Gasteiger partial charge on any atom is -0.493 e. The Morgan fingerprint density at radius 2 is 1.58 bits per heavy atom. The number of hydrogen-bond acceptors (Lipinski definition) is 4. The first-order chi connectivity index (χ1) is 12.8. The number of ether oxygens (including phenoxy) is 2. The molecule has 2 aromatic rings. The summed E-state index contributed by atoms with van der Waals surface area (Å²) in [5.41, 5.74) is 0.778. The van der Waals surface area contributed by atoms with E-state index in [1.54, 1.807) is 13.2 Å². The van der Waals surface area contributed by atoms with Crippen LogP contribution in [0.3, 0.4) is 0 Å². The van der Waals surface area contributed by atoms with Crippen LogP contribution < -0.4 is 9.47 Å². The molecule has 1 aliphatic rings. The van der Waals surface area contributed by atoms with Crippen molar-refractivity contribution in [2.24, 2.45) is 0 Å². The Bertz CT molecular complexity index is 695. The van der Waals surface area contributed by atoms with Crippen molar-refractivity contribution in [1.82, 2.24) is 9.80 Å². The molecule has 0 amide bonds. The van der Waals surface area contributed by atoms with Crippen LogP contribution in [-0.2, 0) is 6.54 Å². The van der Waals surface area contributed by atoms with E-state index in [2.05, 4.69) is 9.80 Å². The van der Waals surface area contributed by atoms with Gasteiger partial charge in [-0.2, -0.15) is 0 Å². The van der Waals surface area contributed by atoms with E-state index in [-0.39, 0.29) is 5.82 Å². The zero-order valence-corrected chi connectivity index (χ0v) is 15.4. The fourth-order valence-electron chi connectivity index (χ4n) is 3.30. The van der Waals surface area contributed by atoms with Gasteiger partial charge in [-0.3, -0.25) is 9.80 Å². The minimum atomic E-state index is -0.112. The third kappa shape index (κ3) is 5.19. The maximum atomic E-state index is 13.8. The summed E-state index contributed by atoms with van der Waals surface area (Å²) >= 11 is 0. The number of hydrogen-bond donors (Lipinski definition) is 0. The number of halogens is 1. The van der Waals surface area contributed by atoms with E-state index in [1.165, 1.54) is 6.07 Å². The topological polar surface area (TPSA) is 24.9 Å². The molecule has 3 rings (SSSR count). The van der Waals surface area contributed by atoms with Gasteiger partial charge in [-0.05, 0) is 37.7 Å². The fraction of sp³-hybridized carbons (Fsp3) is 0.429. The van der Waals surface area contributed by atoms with Crippen molar-refractivity contribution in [3.8, 4) is 11.5 Å². The maximum absolute atomic E-state index is 13.8. The van der Waals surface area contributed by atoms with Gasteiger partial charge in [0, 0.05) is 31.7 Å². The van der Waals surface area contributed by atoms with E-state index >= 15 is 0 Å². The summed E-state index contributed by atoms with van der Waals surface area (Å²) in [7, 11) is 1.65. The van der Waals surface area contributed by atoms with Crippen LogP contribution >= 0.6 is 0 Å². The Morgan fingerprint density at radius 1 is 0.885 bits per heavy atom. The van der Waals surface area contributed by atoms with Crippen molar-refractivity contribution in [3.05, 3.63) is 59.9 Å². The number of para-hydroxylation sites is 2. The monoisotopic (exact) mass is 358 g/mol. The minimum absolute atomic E-state index is 0.112. The summed E-state index contributed by atoms with van der Waals surface area (Å²) < 4.78 is 25.0. The highest BCUT2D eigenvalue weighted by atomic mass is 19.1. The van der Waals surface area contributed by atoms with Crippen LogP contribution in [0, 0.1) is 5.82 Å². The van der Waals surface area contributed by atoms with Crippen LogP contribution in [0.1, 0.15) is 12.0 Å². The van der Waals surface area contributed by atoms with Gasteiger partial charge in [0.05, 0.1) is 7.11 Å². The van der Waals surface area contributed by atoms with Gasteiger partial charge in [-0.15, -0.1) is 0 Å². The molecule has 1 saturated heterocycles. The average molecular weight is 358 g/mol. The molecule has 4 nitrogen and oxygen atoms in total. The smallest absolute Gasteiger partial charge is 0.161 e. The van der Waals surface area contributed by atoms with Crippen molar-refractivity contribution in [2.45, 2.75) is 13.0 Å². The molecule has 140 valence electrons. The quantitative estimate of drug-likeness (QED) is 0.757. The highest BCUT2D eigenvalue weighted by molar-refractivity contribution is 5.39. The first kappa shape index (κ1) is 18.7. The van der Waals surface area contributed by atoms with Crippen LogP contribution in [0.25, 0.3) is 0 Å². The summed E-state index contributed by atoms with van der Waals surface area (Å²) in [5.74, 6) is 1.43. The van der Waals surface area contributed by atoms with E-state index in [4.69, 9.17) is 9.47 Å². The van der Waals surface area contributed by atoms with Crippen molar-refractivity contribution in [3.63, 3.8) is 0 Å². The second-order valence-electron chi connectivity index (χ2n) is 6.56. The van der Waals surface area contributed by atoms with Gasteiger partial charge in [0.25, 0.3) is 0 Å². The lowest BCUT2D eigenvalue weighted by Gasteiger charge is -2.22. The Balaban J connectivity index is 1.44. The molecule has 1 aliphatic heterocycles. The van der Waals surface area contributed by atoms with E-state index in [0.29, 0.717) is 13.2 Å². The Morgan fingerprint density at radius 3 is 2.38 bits per heavy atom. The lowest BCUT2D eigenvalue weighted by Crippen LogP contribution is -2.33. The molecule has 0 atom stereocenters. The third-order valence-corrected chi connectivity index (χ3v) is 4.77. The van der Waals surface area contributed by atoms with Crippen LogP contribution in [0.2, 0.25) is 0 Å². The molecule has 0 aliphatic carbocycles. The largest absolute Gasteiger partial charge is 0.493 e. The lowest BCUT2D eigenvalue weighted by molar-refractivity contribution is 0.203. The highest BCUT2D eigenvalue weighted by Crippen LogP contribution is 2.25. The molecular formula is C21H27FN2O2. The fourth-order valence-corrected chi connectivity index (χ4v) is 3.30. The predicted octanol–water partition coefficient (Wildman–Crippen LogP) is 3.42. The summed E-state index contributed by atoms with van der Waals surface area (Å²) in [6.07, 6.45) is 1.09. The molecule has 0 aromatic heterocycles. The van der Waals surface area contributed by atoms with Gasteiger partial charge in [0.15, 0.2) is 11.5 Å². The molecule has 0 spiro atoms. The van der Waals surface area contributed by atoms with Crippen molar-refractivity contribution in [2.75, 3.05) is 46.4 Å². The van der Waals surface area contributed by atoms with Crippen molar-refractivity contribution in [1.29, 1.82) is 0 Å². The first-order valence-electron chi connectivity index (χ1n) is 9.20. The van der Waals surface area contributed by atoms with Crippen LogP contribution in [0.5, 0.6) is 11.5 Å². The molecule has 0 unspecified atom stereocenters. The molecule has 26 heavy (non-hydrogen) atoms. The first-order valence-corrected chi connectivity index (χ1v) is 9.20. The Hall–Kier alpha value is -2.11. The zero-order valence-electron chi connectivity index (χ0n) is 15.4. The molecule has 1 heterocycles. The summed E-state index contributed by atoms with van der Waals surface area (Å²) in [4.78, 5) is 4.75. The van der Waals surface area contributed by atoms with E-state index in [9.17, 15) is 4.39 Å². The molecule has 0 radical (unpaired) electrons. The van der Waals surface area contributed by atoms with Gasteiger partial charge in [0.1, 0.15) is 12.4 Å². The predicted molar refractivity (Wildman–Crippen MR) is 101 cm³/mol. The van der Waals surface area contributed by atoms with E-state index in [1.807, 2.05) is 36.4 Å². The van der Waals surface area contributed by atoms with Crippen molar-refractivity contribution >= 4 is 0 Å². The van der Waals surface area contributed by atoms with Crippen LogP contribution in [0.15, 0.2) is 48.5 Å². The number of benzene rings is 2. The zero-order chi connectivity index (χ0) is 18.2. The van der Waals surface area contributed by atoms with E-state index in [0.717, 1.165) is 56.2 Å². The SMILES string of the molecule is COc1ccccc1OCCN1CCCN(Cc2ccccc2F)CC1. The second-order valence-corrected chi connectivity index (χ2v) is 6.56. The van der Waals surface area contributed by atoms with Gasteiger partial charge in [-0.1, -0.05) is 30.3 Å². The Kier molecular flexibility index (Phi) is 6.86. The second kappa shape index (κ2) is 9.55. The van der Waals surface area contributed by atoms with Gasteiger partial charge < -0.3 is 9.47 Å². The number of nitrogens with zero attached hydrogens (tertiary/aromatic N) is 2. The summed E-state index contributed by atoms with van der Waals surface area (Å²) in [5, 5.41) is 0. The summed E-state index contributed by atoms with van der Waals surface area (Å²) in [6.45, 7) is 6.16.